The van der Waals surface area contributed by atoms with Crippen LogP contribution < -0.4 is 0 Å². The van der Waals surface area contributed by atoms with Gasteiger partial charge in [0.2, 0.25) is 0 Å². The molecule has 0 heterocycles. The predicted octanol–water partition coefficient (Wildman–Crippen LogP) is 2.65. The van der Waals surface area contributed by atoms with Crippen LogP contribution in [0, 0.1) is 11.3 Å². The van der Waals surface area contributed by atoms with E-state index in [0.29, 0.717) is 0 Å². The van der Waals surface area contributed by atoms with E-state index in [4.69, 9.17) is 10.00 Å². The third-order valence-corrected chi connectivity index (χ3v) is 1.80. The van der Waals surface area contributed by atoms with Crippen molar-refractivity contribution in [3.05, 3.63) is 0 Å². The minimum atomic E-state index is -4.15. The molecule has 0 aliphatic carbocycles. The molecular formula is C8H12F3NO. The Bertz CT molecular complexity index is 197. The van der Waals surface area contributed by atoms with Crippen LogP contribution >= 0.6 is 0 Å². The average Bonchev–Trinajstić information content (AvgIpc) is 2.02. The van der Waals surface area contributed by atoms with Gasteiger partial charge in [-0.15, -0.1) is 0 Å². The second kappa shape index (κ2) is 4.47. The van der Waals surface area contributed by atoms with Gasteiger partial charge in [-0.2, -0.15) is 18.4 Å². The second-order valence-electron chi connectivity index (χ2n) is 3.02. The maximum absolute atomic E-state index is 11.7. The van der Waals surface area contributed by atoms with Crippen LogP contribution in [0.15, 0.2) is 0 Å². The largest absolute Gasteiger partial charge is 0.389 e. The van der Waals surface area contributed by atoms with Crippen molar-refractivity contribution in [3.8, 4) is 6.07 Å². The average molecular weight is 195 g/mol. The van der Waals surface area contributed by atoms with Crippen LogP contribution in [-0.4, -0.2) is 18.9 Å². The summed E-state index contributed by atoms with van der Waals surface area (Å²) in [4.78, 5) is 0. The zero-order chi connectivity index (χ0) is 10.5. The van der Waals surface area contributed by atoms with E-state index in [1.54, 1.807) is 0 Å². The topological polar surface area (TPSA) is 33.0 Å². The quantitative estimate of drug-likeness (QED) is 0.690. The number of alkyl halides is 3. The van der Waals surface area contributed by atoms with E-state index in [-0.39, 0.29) is 12.8 Å². The molecule has 1 atom stereocenters. The fourth-order valence-electron chi connectivity index (χ4n) is 0.830. The second-order valence-corrected chi connectivity index (χ2v) is 3.02. The fourth-order valence-corrected chi connectivity index (χ4v) is 0.830. The van der Waals surface area contributed by atoms with Gasteiger partial charge in [-0.05, 0) is 19.8 Å². The van der Waals surface area contributed by atoms with Crippen molar-refractivity contribution in [2.24, 2.45) is 0 Å². The molecule has 0 bridgehead atoms. The molecule has 0 aliphatic heterocycles. The van der Waals surface area contributed by atoms with Gasteiger partial charge in [-0.25, -0.2) is 0 Å². The highest BCUT2D eigenvalue weighted by molar-refractivity contribution is 4.97. The first-order chi connectivity index (χ1) is 5.83. The summed E-state index contributed by atoms with van der Waals surface area (Å²) in [5, 5.41) is 8.56. The lowest BCUT2D eigenvalue weighted by atomic mass is 10.0. The van der Waals surface area contributed by atoms with Gasteiger partial charge in [0.15, 0.2) is 5.60 Å². The van der Waals surface area contributed by atoms with Crippen molar-refractivity contribution in [2.45, 2.75) is 38.0 Å². The lowest BCUT2D eigenvalue weighted by Crippen LogP contribution is -2.25. The van der Waals surface area contributed by atoms with Crippen molar-refractivity contribution < 1.29 is 17.9 Å². The van der Waals surface area contributed by atoms with E-state index in [9.17, 15) is 13.2 Å². The summed E-state index contributed by atoms with van der Waals surface area (Å²) in [6, 6.07) is 1.82. The molecule has 0 radical (unpaired) electrons. The Morgan fingerprint density at radius 2 is 1.85 bits per heavy atom. The third-order valence-electron chi connectivity index (χ3n) is 1.80. The number of hydrogen-bond donors (Lipinski definition) is 0. The summed E-state index contributed by atoms with van der Waals surface area (Å²) in [5.74, 6) is 0. The first-order valence-electron chi connectivity index (χ1n) is 3.86. The number of rotatable bonds is 4. The Morgan fingerprint density at radius 1 is 1.31 bits per heavy atom. The van der Waals surface area contributed by atoms with Crippen LogP contribution in [0.4, 0.5) is 13.2 Å². The number of nitrogens with zero attached hydrogens (tertiary/aromatic N) is 1. The summed E-state index contributed by atoms with van der Waals surface area (Å²) in [6.45, 7) is 1.48. The molecule has 0 aliphatic rings. The summed E-state index contributed by atoms with van der Waals surface area (Å²) < 4.78 is 39.9. The van der Waals surface area contributed by atoms with E-state index < -0.39 is 18.2 Å². The first-order valence-corrected chi connectivity index (χ1v) is 3.86. The number of methoxy groups -OCH3 is 1. The molecule has 0 amide bonds. The van der Waals surface area contributed by atoms with Crippen molar-refractivity contribution in [2.75, 3.05) is 7.11 Å². The maximum atomic E-state index is 11.7. The van der Waals surface area contributed by atoms with Crippen LogP contribution in [0.2, 0.25) is 0 Å². The minimum absolute atomic E-state index is 0.0819. The molecule has 0 aromatic heterocycles. The minimum Gasteiger partial charge on any atom is -0.364 e. The monoisotopic (exact) mass is 195 g/mol. The van der Waals surface area contributed by atoms with E-state index in [0.717, 1.165) is 0 Å². The molecule has 0 spiro atoms. The molecule has 0 saturated heterocycles. The van der Waals surface area contributed by atoms with Gasteiger partial charge < -0.3 is 4.74 Å². The Labute approximate surface area is 75.3 Å². The molecule has 1 unspecified atom stereocenters. The lowest BCUT2D eigenvalue weighted by Gasteiger charge is -2.19. The Balaban J connectivity index is 3.83. The van der Waals surface area contributed by atoms with Gasteiger partial charge in [0.05, 0.1) is 6.07 Å². The van der Waals surface area contributed by atoms with E-state index in [2.05, 4.69) is 0 Å². The third kappa shape index (κ3) is 5.47. The fraction of sp³-hybridized carbons (Fsp3) is 0.875. The summed E-state index contributed by atoms with van der Waals surface area (Å²) >= 11 is 0. The van der Waals surface area contributed by atoms with E-state index >= 15 is 0 Å². The molecule has 0 aromatic rings. The summed E-state index contributed by atoms with van der Waals surface area (Å²) in [7, 11) is 1.32. The molecule has 13 heavy (non-hydrogen) atoms. The van der Waals surface area contributed by atoms with Gasteiger partial charge in [-0.1, -0.05) is 0 Å². The highest BCUT2D eigenvalue weighted by Gasteiger charge is 2.29. The molecular weight excluding hydrogens is 183 g/mol. The van der Waals surface area contributed by atoms with Crippen LogP contribution in [0.5, 0.6) is 0 Å². The van der Waals surface area contributed by atoms with Crippen molar-refractivity contribution in [1.29, 1.82) is 5.26 Å². The van der Waals surface area contributed by atoms with Gasteiger partial charge in [0.25, 0.3) is 0 Å². The first kappa shape index (κ1) is 12.2. The van der Waals surface area contributed by atoms with E-state index in [1.807, 2.05) is 6.07 Å². The van der Waals surface area contributed by atoms with Gasteiger partial charge in [0, 0.05) is 13.5 Å². The van der Waals surface area contributed by atoms with Gasteiger partial charge in [0.1, 0.15) is 0 Å². The predicted molar refractivity (Wildman–Crippen MR) is 40.9 cm³/mol. The van der Waals surface area contributed by atoms with Crippen molar-refractivity contribution >= 4 is 0 Å². The standard InChI is InChI=1S/C8H12F3NO/c1-7(6-12,13-2)4-3-5-8(9,10)11/h3-5H2,1-2H3. The number of nitriles is 1. The maximum Gasteiger partial charge on any atom is 0.389 e. The Kier molecular flexibility index (Phi) is 4.21. The molecule has 0 rings (SSSR count). The van der Waals surface area contributed by atoms with Crippen LogP contribution in [0.25, 0.3) is 0 Å². The number of ether oxygens (including phenoxy) is 1. The summed E-state index contributed by atoms with van der Waals surface area (Å²) in [6.07, 6.45) is -5.00. The molecule has 5 heteroatoms. The van der Waals surface area contributed by atoms with Gasteiger partial charge >= 0.3 is 6.18 Å². The Morgan fingerprint density at radius 3 is 2.15 bits per heavy atom. The van der Waals surface area contributed by atoms with Crippen molar-refractivity contribution in [3.63, 3.8) is 0 Å². The van der Waals surface area contributed by atoms with Crippen LogP contribution in [-0.2, 0) is 4.74 Å². The summed E-state index contributed by atoms with van der Waals surface area (Å²) in [5.41, 5.74) is -1.09. The number of hydrogen-bond acceptors (Lipinski definition) is 2. The van der Waals surface area contributed by atoms with Crippen LogP contribution in [0.3, 0.4) is 0 Å². The van der Waals surface area contributed by atoms with Crippen LogP contribution in [0.1, 0.15) is 26.2 Å². The smallest absolute Gasteiger partial charge is 0.364 e. The molecule has 0 N–H and O–H groups in total. The normalized spacial score (nSPS) is 16.3. The lowest BCUT2D eigenvalue weighted by molar-refractivity contribution is -0.137. The molecule has 0 fully saturated rings. The van der Waals surface area contributed by atoms with Gasteiger partial charge in [-0.3, -0.25) is 0 Å². The van der Waals surface area contributed by atoms with Crippen molar-refractivity contribution in [1.82, 2.24) is 0 Å². The molecule has 0 saturated carbocycles. The zero-order valence-corrected chi connectivity index (χ0v) is 7.61. The SMILES string of the molecule is COC(C)(C#N)CCCC(F)(F)F. The Hall–Kier alpha value is -0.760. The highest BCUT2D eigenvalue weighted by Crippen LogP contribution is 2.25. The number of halogens is 3. The molecule has 2 nitrogen and oxygen atoms in total. The molecule has 0 aromatic carbocycles. The highest BCUT2D eigenvalue weighted by atomic mass is 19.4. The zero-order valence-electron chi connectivity index (χ0n) is 7.61. The van der Waals surface area contributed by atoms with E-state index in [1.165, 1.54) is 14.0 Å². The molecule has 76 valence electrons.